The fourth-order valence-electron chi connectivity index (χ4n) is 3.82. The van der Waals surface area contributed by atoms with Crippen LogP contribution in [0.25, 0.3) is 38.8 Å². The largest absolute Gasteiger partial charge is 0.496 e. The van der Waals surface area contributed by atoms with Crippen LogP contribution in [0.4, 0.5) is 0 Å². The van der Waals surface area contributed by atoms with Crippen LogP contribution in [0.2, 0.25) is 0 Å². The first-order valence-corrected chi connectivity index (χ1v) is 11.9. The van der Waals surface area contributed by atoms with Crippen LogP contribution >= 0.6 is 11.3 Å². The molecule has 0 saturated heterocycles. The summed E-state index contributed by atoms with van der Waals surface area (Å²) in [5.74, 6) is 2.27. The van der Waals surface area contributed by atoms with E-state index >= 15 is 0 Å². The highest BCUT2D eigenvalue weighted by Crippen LogP contribution is 2.37. The van der Waals surface area contributed by atoms with Crippen molar-refractivity contribution < 1.29 is 18.6 Å². The minimum atomic E-state index is 0.195. The minimum Gasteiger partial charge on any atom is -0.496 e. The first kappa shape index (κ1) is 22.5. The molecule has 182 valence electrons. The van der Waals surface area contributed by atoms with Crippen LogP contribution in [-0.2, 0) is 6.61 Å². The van der Waals surface area contributed by atoms with Crippen molar-refractivity contribution in [2.45, 2.75) is 6.61 Å². The van der Waals surface area contributed by atoms with E-state index in [9.17, 15) is 5.26 Å². The van der Waals surface area contributed by atoms with Gasteiger partial charge < -0.3 is 18.6 Å². The van der Waals surface area contributed by atoms with Gasteiger partial charge in [0.2, 0.25) is 4.96 Å². The molecule has 6 rings (SSSR count). The van der Waals surface area contributed by atoms with Crippen molar-refractivity contribution in [3.63, 3.8) is 0 Å². The molecular formula is C26H18N6O4S. The number of fused-ring (bicyclic) bond motifs is 2. The van der Waals surface area contributed by atoms with E-state index in [1.807, 2.05) is 12.1 Å². The zero-order chi connectivity index (χ0) is 25.4. The maximum Gasteiger partial charge on any atom is 0.294 e. The molecule has 0 radical (unpaired) electrons. The van der Waals surface area contributed by atoms with E-state index in [-0.39, 0.29) is 6.61 Å². The van der Waals surface area contributed by atoms with Gasteiger partial charge >= 0.3 is 0 Å². The van der Waals surface area contributed by atoms with Crippen LogP contribution < -0.4 is 14.2 Å². The molecule has 2 aromatic carbocycles. The topological polar surface area (TPSA) is 121 Å². The van der Waals surface area contributed by atoms with Crippen LogP contribution in [0.3, 0.4) is 0 Å². The third kappa shape index (κ3) is 4.30. The van der Waals surface area contributed by atoms with E-state index in [2.05, 4.69) is 26.1 Å². The van der Waals surface area contributed by atoms with E-state index in [0.717, 1.165) is 10.9 Å². The lowest BCUT2D eigenvalue weighted by Crippen LogP contribution is -2.01. The first-order valence-electron chi connectivity index (χ1n) is 11.1. The van der Waals surface area contributed by atoms with Gasteiger partial charge in [0.15, 0.2) is 11.6 Å². The number of hydrogen-bond donors (Lipinski definition) is 0. The van der Waals surface area contributed by atoms with Gasteiger partial charge in [-0.05, 0) is 35.6 Å². The van der Waals surface area contributed by atoms with Gasteiger partial charge in [0.25, 0.3) is 5.19 Å². The highest BCUT2D eigenvalue weighted by Gasteiger charge is 2.17. The summed E-state index contributed by atoms with van der Waals surface area (Å²) in [4.78, 5) is 14.3. The molecule has 11 heteroatoms. The fourth-order valence-corrected chi connectivity index (χ4v) is 4.52. The Bertz CT molecular complexity index is 1770. The summed E-state index contributed by atoms with van der Waals surface area (Å²) in [6.45, 7) is 0.195. The van der Waals surface area contributed by atoms with Crippen LogP contribution in [0.15, 0.2) is 65.3 Å². The SMILES string of the molecule is COc1cc(OCc2ccnc(-c3cccc(C#N)c3)n2)c2cc(-c3cn4nc(OC)sc4n3)oc2c1. The maximum atomic E-state index is 9.18. The highest BCUT2D eigenvalue weighted by atomic mass is 32.1. The lowest BCUT2D eigenvalue weighted by Gasteiger charge is -2.09. The van der Waals surface area contributed by atoms with Gasteiger partial charge in [-0.25, -0.2) is 19.5 Å². The molecule has 0 saturated carbocycles. The molecule has 0 aliphatic rings. The highest BCUT2D eigenvalue weighted by molar-refractivity contribution is 7.18. The van der Waals surface area contributed by atoms with Gasteiger partial charge in [-0.3, -0.25) is 0 Å². The van der Waals surface area contributed by atoms with E-state index in [0.29, 0.717) is 55.8 Å². The lowest BCUT2D eigenvalue weighted by molar-refractivity contribution is 0.302. The molecule has 6 aromatic rings. The predicted octanol–water partition coefficient (Wildman–Crippen LogP) is 5.13. The van der Waals surface area contributed by atoms with Crippen molar-refractivity contribution in [1.29, 1.82) is 5.26 Å². The Morgan fingerprint density at radius 1 is 1.08 bits per heavy atom. The number of ether oxygens (including phenoxy) is 3. The number of methoxy groups -OCH3 is 2. The van der Waals surface area contributed by atoms with E-state index in [1.165, 1.54) is 11.3 Å². The van der Waals surface area contributed by atoms with Crippen molar-refractivity contribution in [2.75, 3.05) is 14.2 Å². The Kier molecular flexibility index (Phi) is 5.63. The zero-order valence-corrected chi connectivity index (χ0v) is 20.5. The van der Waals surface area contributed by atoms with Gasteiger partial charge in [0.05, 0.1) is 43.1 Å². The monoisotopic (exact) mass is 510 g/mol. The van der Waals surface area contributed by atoms with Gasteiger partial charge in [0, 0.05) is 23.9 Å². The quantitative estimate of drug-likeness (QED) is 0.288. The molecule has 0 aliphatic heterocycles. The predicted molar refractivity (Wildman–Crippen MR) is 136 cm³/mol. The van der Waals surface area contributed by atoms with Crippen LogP contribution in [-0.4, -0.2) is 38.8 Å². The standard InChI is InChI=1S/C26H18N6O4S/c1-33-18-9-21(35-14-17-6-7-28-24(29-17)16-5-3-4-15(8-16)12-27)19-11-23(36-22(19)10-18)20-13-32-25(30-20)37-26(31-32)34-2/h3-11,13H,14H2,1-2H3. The molecule has 0 spiro atoms. The van der Waals surface area contributed by atoms with Crippen molar-refractivity contribution >= 4 is 27.3 Å². The Morgan fingerprint density at radius 3 is 2.81 bits per heavy atom. The molecule has 0 bridgehead atoms. The second kappa shape index (κ2) is 9.25. The summed E-state index contributed by atoms with van der Waals surface area (Å²) in [5, 5.41) is 14.8. The Balaban J connectivity index is 1.30. The number of aromatic nitrogens is 5. The number of benzene rings is 2. The molecule has 0 amide bonds. The Morgan fingerprint density at radius 2 is 2.00 bits per heavy atom. The molecule has 0 unspecified atom stereocenters. The fraction of sp³-hybridized carbons (Fsp3) is 0.115. The molecule has 0 N–H and O–H groups in total. The average Bonchev–Trinajstić information content (AvgIpc) is 3.65. The van der Waals surface area contributed by atoms with Gasteiger partial charge in [-0.2, -0.15) is 5.26 Å². The third-order valence-electron chi connectivity index (χ3n) is 5.60. The zero-order valence-electron chi connectivity index (χ0n) is 19.7. The number of rotatable bonds is 7. The molecular weight excluding hydrogens is 492 g/mol. The summed E-state index contributed by atoms with van der Waals surface area (Å²) in [6.07, 6.45) is 3.46. The summed E-state index contributed by atoms with van der Waals surface area (Å²) < 4.78 is 24.6. The molecule has 37 heavy (non-hydrogen) atoms. The molecule has 0 atom stereocenters. The molecule has 0 fully saturated rings. The second-order valence-electron chi connectivity index (χ2n) is 7.93. The van der Waals surface area contributed by atoms with Gasteiger partial charge in [-0.1, -0.05) is 12.1 Å². The molecule has 0 aliphatic carbocycles. The number of hydrogen-bond acceptors (Lipinski definition) is 10. The van der Waals surface area contributed by atoms with Gasteiger partial charge in [0.1, 0.15) is 29.4 Å². The van der Waals surface area contributed by atoms with Crippen molar-refractivity contribution in [1.82, 2.24) is 24.6 Å². The smallest absolute Gasteiger partial charge is 0.294 e. The van der Waals surface area contributed by atoms with Crippen LogP contribution in [0.1, 0.15) is 11.3 Å². The second-order valence-corrected chi connectivity index (χ2v) is 8.84. The van der Waals surface area contributed by atoms with Crippen molar-refractivity contribution in [2.24, 2.45) is 0 Å². The number of nitriles is 1. The van der Waals surface area contributed by atoms with Crippen LogP contribution in [0, 0.1) is 11.3 Å². The van der Waals surface area contributed by atoms with Crippen LogP contribution in [0.5, 0.6) is 16.7 Å². The molecule has 4 heterocycles. The van der Waals surface area contributed by atoms with Crippen molar-refractivity contribution in [3.05, 3.63) is 72.2 Å². The normalized spacial score (nSPS) is 11.1. The molecule has 10 nitrogen and oxygen atoms in total. The van der Waals surface area contributed by atoms with E-state index in [4.69, 9.17) is 18.6 Å². The Hall–Kier alpha value is -4.95. The van der Waals surface area contributed by atoms with E-state index < -0.39 is 0 Å². The Labute approximate surface area is 214 Å². The van der Waals surface area contributed by atoms with Crippen molar-refractivity contribution in [3.8, 4) is 45.6 Å². The number of furan rings is 1. The third-order valence-corrected chi connectivity index (χ3v) is 6.48. The summed E-state index contributed by atoms with van der Waals surface area (Å²) in [6, 6.07) is 16.6. The maximum absolute atomic E-state index is 9.18. The minimum absolute atomic E-state index is 0.195. The first-order chi connectivity index (χ1) is 18.1. The summed E-state index contributed by atoms with van der Waals surface area (Å²) in [7, 11) is 3.16. The number of nitrogens with zero attached hydrogens (tertiary/aromatic N) is 6. The van der Waals surface area contributed by atoms with Gasteiger partial charge in [-0.15, -0.1) is 5.10 Å². The number of imidazole rings is 1. The summed E-state index contributed by atoms with van der Waals surface area (Å²) in [5.41, 5.74) is 3.23. The van der Waals surface area contributed by atoms with E-state index in [1.54, 1.807) is 67.5 Å². The summed E-state index contributed by atoms with van der Waals surface area (Å²) >= 11 is 1.34. The lowest BCUT2D eigenvalue weighted by atomic mass is 10.1. The average molecular weight is 511 g/mol. The molecule has 4 aromatic heterocycles.